The Labute approximate surface area is 465 Å². The van der Waals surface area contributed by atoms with Gasteiger partial charge in [0.05, 0.1) is 23.3 Å². The van der Waals surface area contributed by atoms with Crippen molar-refractivity contribution < 1.29 is 38.7 Å². The number of hydrogen-bond acceptors (Lipinski definition) is 15. The Balaban J connectivity index is 1.32. The largest absolute Gasteiger partial charge is 0.508 e. The summed E-state index contributed by atoms with van der Waals surface area (Å²) in [5.74, 6) is -3.96. The number of amides is 7. The first-order valence-corrected chi connectivity index (χ1v) is 27.2. The quantitative estimate of drug-likeness (QED) is 0.0165. The van der Waals surface area contributed by atoms with Gasteiger partial charge in [-0.25, -0.2) is 9.97 Å². The second-order valence-electron chi connectivity index (χ2n) is 20.6. The number of aromatic hydroxyl groups is 1. The molecule has 3 heterocycles. The van der Waals surface area contributed by atoms with Crippen molar-refractivity contribution in [3.05, 3.63) is 82.9 Å². The monoisotopic (exact) mass is 1110 g/mol. The van der Waals surface area contributed by atoms with Gasteiger partial charge in [0.15, 0.2) is 5.96 Å². The topological polar surface area (TPSA) is 398 Å². The molecule has 2 aromatic carbocycles. The highest BCUT2D eigenvalue weighted by molar-refractivity contribution is 5.96. The third-order valence-electron chi connectivity index (χ3n) is 14.0. The van der Waals surface area contributed by atoms with Gasteiger partial charge in [0.1, 0.15) is 48.3 Å². The molecule has 0 spiro atoms. The zero-order chi connectivity index (χ0) is 58.5. The summed E-state index contributed by atoms with van der Waals surface area (Å²) in [5.41, 5.74) is 24.1. The first-order chi connectivity index (χ1) is 38.2. The summed E-state index contributed by atoms with van der Waals surface area (Å²) in [6, 6.07) is 4.82. The van der Waals surface area contributed by atoms with Gasteiger partial charge >= 0.3 is 0 Å². The number of piperazine rings is 1. The van der Waals surface area contributed by atoms with Crippen LogP contribution in [-0.4, -0.2) is 159 Å². The van der Waals surface area contributed by atoms with E-state index in [1.54, 1.807) is 29.2 Å². The van der Waals surface area contributed by atoms with E-state index in [1.807, 2.05) is 38.7 Å². The molecule has 0 saturated carbocycles. The summed E-state index contributed by atoms with van der Waals surface area (Å²) in [7, 11) is 1.45. The SMILES string of the molecule is CC[C@H](C)[C@H](N)C(=O)N[C@@H](CCCCN)C(=O)N1CCN(c2ccc3ncn(CC(=O)N[C@@H](CCCN=C(N)N)C(=O)N[C@@H](Cc4ncc[nH]4)C(=O)N[C@@H](Cc4ccc(O)cc4)C(=O)N[C@@H](CC(C)C)C(=O)NC)c(=O)c3c2)CC1. The highest BCUT2D eigenvalue weighted by atomic mass is 16.3. The Morgan fingerprint density at radius 2 is 1.40 bits per heavy atom. The first kappa shape index (κ1) is 62.7. The van der Waals surface area contributed by atoms with Crippen LogP contribution in [0.5, 0.6) is 5.75 Å². The molecule has 0 unspecified atom stereocenters. The van der Waals surface area contributed by atoms with Gasteiger partial charge in [-0.3, -0.25) is 47.9 Å². The molecule has 26 nitrogen and oxygen atoms in total. The molecule has 0 aliphatic carbocycles. The number of phenolic OH excluding ortho intramolecular Hbond substituents is 1. The number of rotatable bonds is 30. The number of aromatic nitrogens is 4. The molecule has 16 N–H and O–H groups in total. The highest BCUT2D eigenvalue weighted by Crippen LogP contribution is 2.22. The van der Waals surface area contributed by atoms with Crippen LogP contribution in [0.25, 0.3) is 10.9 Å². The van der Waals surface area contributed by atoms with Crippen molar-refractivity contribution in [3.63, 3.8) is 0 Å². The average Bonchev–Trinajstić information content (AvgIpc) is 3.98. The lowest BCUT2D eigenvalue weighted by Crippen LogP contribution is -2.59. The number of carbonyl (C=O) groups excluding carboxylic acids is 7. The molecule has 7 atom stereocenters. The number of H-pyrrole nitrogens is 1. The van der Waals surface area contributed by atoms with Gasteiger partial charge in [-0.15, -0.1) is 0 Å². The van der Waals surface area contributed by atoms with Crippen LogP contribution in [0.1, 0.15) is 84.0 Å². The van der Waals surface area contributed by atoms with Crippen LogP contribution in [0.15, 0.2) is 71.0 Å². The van der Waals surface area contributed by atoms with E-state index in [0.717, 1.165) is 4.57 Å². The lowest BCUT2D eigenvalue weighted by Gasteiger charge is -2.38. The van der Waals surface area contributed by atoms with Gasteiger partial charge in [-0.05, 0) is 92.8 Å². The molecule has 1 aliphatic heterocycles. The molecule has 5 rings (SSSR count). The van der Waals surface area contributed by atoms with Crippen LogP contribution in [0.4, 0.5) is 5.69 Å². The summed E-state index contributed by atoms with van der Waals surface area (Å²) in [4.78, 5) is 130. The molecule has 1 fully saturated rings. The smallest absolute Gasteiger partial charge is 0.261 e. The number of nitrogens with two attached hydrogens (primary N) is 4. The second-order valence-corrected chi connectivity index (χ2v) is 20.6. The zero-order valence-corrected chi connectivity index (χ0v) is 46.4. The number of anilines is 1. The third-order valence-corrected chi connectivity index (χ3v) is 14.0. The van der Waals surface area contributed by atoms with E-state index in [1.165, 1.54) is 37.9 Å². The minimum atomic E-state index is -1.38. The number of nitrogens with one attached hydrogen (secondary N) is 7. The molecule has 7 amide bonds. The van der Waals surface area contributed by atoms with E-state index in [9.17, 15) is 43.5 Å². The predicted molar refractivity (Wildman–Crippen MR) is 302 cm³/mol. The van der Waals surface area contributed by atoms with Crippen molar-refractivity contribution in [1.29, 1.82) is 0 Å². The maximum Gasteiger partial charge on any atom is 0.261 e. The van der Waals surface area contributed by atoms with E-state index in [2.05, 4.69) is 51.8 Å². The van der Waals surface area contributed by atoms with Gasteiger partial charge in [-0.1, -0.05) is 46.2 Å². The van der Waals surface area contributed by atoms with Crippen LogP contribution in [0.3, 0.4) is 0 Å². The Hall–Kier alpha value is -8.13. The van der Waals surface area contributed by atoms with Gasteiger partial charge < -0.3 is 74.7 Å². The molecule has 4 aromatic rings. The molecule has 0 radical (unpaired) electrons. The number of unbranched alkanes of at least 4 members (excludes halogenated alkanes) is 1. The number of likely N-dealkylation sites (N-methyl/N-ethyl adjacent to an activating group) is 1. The van der Waals surface area contributed by atoms with Gasteiger partial charge in [0.25, 0.3) is 5.56 Å². The lowest BCUT2D eigenvalue weighted by atomic mass is 9.98. The summed E-state index contributed by atoms with van der Waals surface area (Å²) >= 11 is 0. The van der Waals surface area contributed by atoms with Gasteiger partial charge in [-0.2, -0.15) is 0 Å². The molecular weight excluding hydrogens is 1030 g/mol. The predicted octanol–water partition coefficient (Wildman–Crippen LogP) is -1.27. The fourth-order valence-corrected chi connectivity index (χ4v) is 9.14. The Kier molecular flexibility index (Phi) is 24.2. The van der Waals surface area contributed by atoms with Crippen molar-refractivity contribution in [2.24, 2.45) is 39.8 Å². The number of aromatic amines is 1. The van der Waals surface area contributed by atoms with E-state index in [4.69, 9.17) is 22.9 Å². The van der Waals surface area contributed by atoms with Crippen molar-refractivity contribution in [3.8, 4) is 5.75 Å². The number of nitrogens with zero attached hydrogens (tertiary/aromatic N) is 6. The van der Waals surface area contributed by atoms with Crippen molar-refractivity contribution >= 4 is 63.9 Å². The highest BCUT2D eigenvalue weighted by Gasteiger charge is 2.34. The number of phenols is 1. The van der Waals surface area contributed by atoms with E-state index in [-0.39, 0.29) is 73.0 Å². The number of imidazole rings is 1. The van der Waals surface area contributed by atoms with Gasteiger partial charge in [0.2, 0.25) is 41.4 Å². The zero-order valence-electron chi connectivity index (χ0n) is 46.4. The summed E-state index contributed by atoms with van der Waals surface area (Å²) in [6.07, 6.45) is 6.94. The van der Waals surface area contributed by atoms with Crippen molar-refractivity contribution in [2.75, 3.05) is 51.2 Å². The number of carbonyl (C=O) groups is 7. The lowest BCUT2D eigenvalue weighted by molar-refractivity contribution is -0.137. The maximum atomic E-state index is 14.4. The van der Waals surface area contributed by atoms with Crippen LogP contribution in [-0.2, 0) is 52.9 Å². The summed E-state index contributed by atoms with van der Waals surface area (Å²) < 4.78 is 1.11. The standard InChI is InChI=1S/C54H81N17O9/c1-6-33(4)46(56)51(78)65-40(10-7-8-18-55)53(80)70-24-22-69(23-25-70)35-14-17-38-37(28-35)52(79)71(31-63-38)30-45(73)64-39(11-9-19-62-54(57)58)48(75)68-43(29-44-60-20-21-61-44)50(77)67-42(27-34-12-15-36(72)16-13-34)49(76)66-41(26-32(2)3)47(74)59-5/h12-17,20-21,28,31-33,39-43,46,72H,6-11,18-19,22-27,29-30,55-56H2,1-5H3,(H,59,74)(H,60,61)(H,64,73)(H,65,78)(H,66,76)(H,67,77)(H,68,75)(H4,57,58,62)/t33-,39-,40-,41-,42-,43-,46-/m0/s1. The minimum absolute atomic E-state index is 0.0156. The van der Waals surface area contributed by atoms with E-state index in [0.29, 0.717) is 87.4 Å². The fourth-order valence-electron chi connectivity index (χ4n) is 9.14. The van der Waals surface area contributed by atoms with Crippen LogP contribution in [0, 0.1) is 11.8 Å². The fraction of sp³-hybridized carbons (Fsp3) is 0.537. The number of hydrogen-bond donors (Lipinski definition) is 12. The molecule has 2 aromatic heterocycles. The summed E-state index contributed by atoms with van der Waals surface area (Å²) in [6.45, 7) is 9.18. The number of benzene rings is 2. The van der Waals surface area contributed by atoms with Crippen molar-refractivity contribution in [1.82, 2.24) is 56.3 Å². The number of guanidine groups is 1. The van der Waals surface area contributed by atoms with Crippen LogP contribution in [0.2, 0.25) is 0 Å². The molecule has 436 valence electrons. The normalized spacial score (nSPS) is 15.1. The van der Waals surface area contributed by atoms with E-state index < -0.39 is 77.9 Å². The number of fused-ring (bicyclic) bond motifs is 1. The molecule has 1 saturated heterocycles. The summed E-state index contributed by atoms with van der Waals surface area (Å²) in [5, 5.41) is 26.6. The maximum absolute atomic E-state index is 14.4. The Bertz CT molecular complexity index is 2800. The number of aliphatic imine (C=N–C) groups is 1. The molecular formula is C54H81N17O9. The Morgan fingerprint density at radius 1 is 0.762 bits per heavy atom. The van der Waals surface area contributed by atoms with Crippen molar-refractivity contribution in [2.45, 2.75) is 128 Å². The minimum Gasteiger partial charge on any atom is -0.508 e. The Morgan fingerprint density at radius 3 is 2.01 bits per heavy atom. The molecule has 0 bridgehead atoms. The molecule has 1 aliphatic rings. The second kappa shape index (κ2) is 30.9. The van der Waals surface area contributed by atoms with Gasteiger partial charge in [0, 0.05) is 70.7 Å². The van der Waals surface area contributed by atoms with Crippen LogP contribution < -0.4 is 65.3 Å². The molecule has 26 heteroatoms. The molecule has 80 heavy (non-hydrogen) atoms. The first-order valence-electron chi connectivity index (χ1n) is 27.2. The van der Waals surface area contributed by atoms with Crippen LogP contribution >= 0.6 is 0 Å². The third kappa shape index (κ3) is 18.8. The van der Waals surface area contributed by atoms with E-state index >= 15 is 0 Å². The average molecular weight is 1110 g/mol.